The summed E-state index contributed by atoms with van der Waals surface area (Å²) < 4.78 is 1.31. The molecule has 0 unspecified atom stereocenters. The quantitative estimate of drug-likeness (QED) is 0.340. The summed E-state index contributed by atoms with van der Waals surface area (Å²) in [5.41, 5.74) is 3.25. The van der Waals surface area contributed by atoms with Crippen molar-refractivity contribution in [1.82, 2.24) is 9.97 Å². The van der Waals surface area contributed by atoms with Crippen LogP contribution in [0.15, 0.2) is 65.1 Å². The molecule has 2 heterocycles. The van der Waals surface area contributed by atoms with E-state index in [2.05, 4.69) is 44.9 Å². The number of anilines is 1. The van der Waals surface area contributed by atoms with Crippen LogP contribution in [0.25, 0.3) is 21.3 Å². The lowest BCUT2D eigenvalue weighted by Gasteiger charge is -2.10. The SMILES string of the molecule is CCSc1cc(-c2cc(NCCc3ccc4sccc4c3)ncn2)ccc1C(=O)O. The highest BCUT2D eigenvalue weighted by molar-refractivity contribution is 7.99. The standard InChI is InChI=1S/C23H21N3O2S2/c1-2-29-21-12-16(4-5-18(21)23(27)28)19-13-22(26-14-25-19)24-9-7-15-3-6-20-17(11-15)8-10-30-20/h3-6,8,10-14H,2,7,9H2,1H3,(H,27,28)(H,24,25,26). The summed E-state index contributed by atoms with van der Waals surface area (Å²) in [6.07, 6.45) is 2.43. The number of aromatic carboxylic acids is 1. The zero-order valence-corrected chi connectivity index (χ0v) is 18.1. The van der Waals surface area contributed by atoms with Crippen LogP contribution >= 0.6 is 23.1 Å². The first-order valence-corrected chi connectivity index (χ1v) is 11.5. The smallest absolute Gasteiger partial charge is 0.336 e. The molecule has 7 heteroatoms. The summed E-state index contributed by atoms with van der Waals surface area (Å²) in [5.74, 6) is 0.643. The highest BCUT2D eigenvalue weighted by Gasteiger charge is 2.12. The van der Waals surface area contributed by atoms with Gasteiger partial charge in [0.05, 0.1) is 11.3 Å². The summed E-state index contributed by atoms with van der Waals surface area (Å²) >= 11 is 3.27. The van der Waals surface area contributed by atoms with Crippen LogP contribution in [0.1, 0.15) is 22.8 Å². The number of carboxylic acid groups (broad SMARTS) is 1. The molecule has 4 aromatic rings. The number of thioether (sulfide) groups is 1. The van der Waals surface area contributed by atoms with Gasteiger partial charge in [-0.05, 0) is 52.8 Å². The molecular weight excluding hydrogens is 414 g/mol. The average Bonchev–Trinajstić information content (AvgIpc) is 3.22. The Balaban J connectivity index is 1.47. The number of rotatable bonds is 8. The Morgan fingerprint density at radius 1 is 1.13 bits per heavy atom. The maximum Gasteiger partial charge on any atom is 0.336 e. The number of nitrogens with one attached hydrogen (secondary N) is 1. The lowest BCUT2D eigenvalue weighted by Crippen LogP contribution is -2.06. The molecule has 2 N–H and O–H groups in total. The molecule has 0 saturated carbocycles. The second-order valence-corrected chi connectivity index (χ2v) is 8.96. The van der Waals surface area contributed by atoms with Crippen LogP contribution < -0.4 is 5.32 Å². The zero-order chi connectivity index (χ0) is 20.9. The Morgan fingerprint density at radius 3 is 2.87 bits per heavy atom. The Hall–Kier alpha value is -2.90. The van der Waals surface area contributed by atoms with Gasteiger partial charge in [0.25, 0.3) is 0 Å². The van der Waals surface area contributed by atoms with Crippen molar-refractivity contribution in [3.63, 3.8) is 0 Å². The van der Waals surface area contributed by atoms with Gasteiger partial charge in [-0.25, -0.2) is 14.8 Å². The number of aromatic nitrogens is 2. The molecule has 0 aliphatic carbocycles. The van der Waals surface area contributed by atoms with Crippen LogP contribution in [0.2, 0.25) is 0 Å². The molecular formula is C23H21N3O2S2. The first kappa shape index (κ1) is 20.4. The van der Waals surface area contributed by atoms with Gasteiger partial charge in [-0.3, -0.25) is 0 Å². The van der Waals surface area contributed by atoms with Crippen LogP contribution in [0.4, 0.5) is 5.82 Å². The number of fused-ring (bicyclic) bond motifs is 1. The average molecular weight is 436 g/mol. The minimum absolute atomic E-state index is 0.320. The van der Waals surface area contributed by atoms with Gasteiger partial charge in [-0.1, -0.05) is 25.1 Å². The number of hydrogen-bond acceptors (Lipinski definition) is 6. The van der Waals surface area contributed by atoms with Crippen LogP contribution in [0.3, 0.4) is 0 Å². The number of benzene rings is 2. The predicted molar refractivity (Wildman–Crippen MR) is 125 cm³/mol. The van der Waals surface area contributed by atoms with Crippen molar-refractivity contribution in [3.8, 4) is 11.3 Å². The van der Waals surface area contributed by atoms with Gasteiger partial charge in [0.2, 0.25) is 0 Å². The third-order valence-corrected chi connectivity index (χ3v) is 6.55. The van der Waals surface area contributed by atoms with E-state index in [1.807, 2.05) is 19.1 Å². The van der Waals surface area contributed by atoms with E-state index < -0.39 is 5.97 Å². The Morgan fingerprint density at radius 2 is 2.03 bits per heavy atom. The van der Waals surface area contributed by atoms with E-state index in [4.69, 9.17) is 0 Å². The van der Waals surface area contributed by atoms with E-state index >= 15 is 0 Å². The molecule has 0 radical (unpaired) electrons. The van der Waals surface area contributed by atoms with Gasteiger partial charge in [0.1, 0.15) is 12.1 Å². The van der Waals surface area contributed by atoms with Gasteiger partial charge in [-0.15, -0.1) is 23.1 Å². The van der Waals surface area contributed by atoms with Crippen molar-refractivity contribution in [2.24, 2.45) is 0 Å². The number of carboxylic acids is 1. The second kappa shape index (κ2) is 9.28. The van der Waals surface area contributed by atoms with Gasteiger partial charge < -0.3 is 10.4 Å². The molecule has 0 saturated heterocycles. The van der Waals surface area contributed by atoms with Crippen molar-refractivity contribution < 1.29 is 9.90 Å². The summed E-state index contributed by atoms with van der Waals surface area (Å²) in [6.45, 7) is 2.77. The molecule has 0 atom stereocenters. The Labute approximate surface area is 183 Å². The van der Waals surface area contributed by atoms with Gasteiger partial charge in [0.15, 0.2) is 0 Å². The minimum atomic E-state index is -0.914. The summed E-state index contributed by atoms with van der Waals surface area (Å²) in [4.78, 5) is 20.9. The lowest BCUT2D eigenvalue weighted by molar-refractivity contribution is 0.0693. The molecule has 0 aliphatic rings. The fraction of sp³-hybridized carbons (Fsp3) is 0.174. The van der Waals surface area contributed by atoms with E-state index in [-0.39, 0.29) is 0 Å². The molecule has 152 valence electrons. The molecule has 2 aromatic heterocycles. The predicted octanol–water partition coefficient (Wildman–Crippen LogP) is 5.82. The summed E-state index contributed by atoms with van der Waals surface area (Å²) in [5, 5.41) is 16.2. The molecule has 2 aromatic carbocycles. The van der Waals surface area contributed by atoms with Crippen LogP contribution in [0.5, 0.6) is 0 Å². The van der Waals surface area contributed by atoms with Crippen molar-refractivity contribution in [3.05, 3.63) is 71.4 Å². The monoisotopic (exact) mass is 435 g/mol. The van der Waals surface area contributed by atoms with E-state index in [0.29, 0.717) is 5.56 Å². The Kier molecular flexibility index (Phi) is 6.30. The molecule has 4 rings (SSSR count). The van der Waals surface area contributed by atoms with Crippen molar-refractivity contribution >= 4 is 45.0 Å². The van der Waals surface area contributed by atoms with Crippen molar-refractivity contribution in [2.45, 2.75) is 18.2 Å². The first-order chi connectivity index (χ1) is 14.6. The van der Waals surface area contributed by atoms with Gasteiger partial charge in [0, 0.05) is 27.8 Å². The van der Waals surface area contributed by atoms with E-state index in [1.165, 1.54) is 33.7 Å². The molecule has 0 amide bonds. The highest BCUT2D eigenvalue weighted by atomic mass is 32.2. The van der Waals surface area contributed by atoms with Gasteiger partial charge >= 0.3 is 5.97 Å². The van der Waals surface area contributed by atoms with Crippen LogP contribution in [0, 0.1) is 0 Å². The largest absolute Gasteiger partial charge is 0.478 e. The third-order valence-electron chi connectivity index (χ3n) is 4.71. The second-order valence-electron chi connectivity index (χ2n) is 6.71. The van der Waals surface area contributed by atoms with Crippen LogP contribution in [-0.2, 0) is 6.42 Å². The molecule has 0 spiro atoms. The molecule has 0 bridgehead atoms. The molecule has 0 aliphatic heterocycles. The fourth-order valence-electron chi connectivity index (χ4n) is 3.25. The number of nitrogens with zero attached hydrogens (tertiary/aromatic N) is 2. The van der Waals surface area contributed by atoms with Crippen LogP contribution in [-0.4, -0.2) is 33.3 Å². The fourth-order valence-corrected chi connectivity index (χ4v) is 4.85. The zero-order valence-electron chi connectivity index (χ0n) is 16.5. The summed E-state index contributed by atoms with van der Waals surface area (Å²) in [7, 11) is 0. The molecule has 0 fully saturated rings. The number of hydrogen-bond donors (Lipinski definition) is 2. The maximum atomic E-state index is 11.4. The van der Waals surface area contributed by atoms with E-state index in [9.17, 15) is 9.90 Å². The Bertz CT molecular complexity index is 1190. The van der Waals surface area contributed by atoms with Crippen molar-refractivity contribution in [1.29, 1.82) is 0 Å². The number of thiophene rings is 1. The normalized spacial score (nSPS) is 11.0. The lowest BCUT2D eigenvalue weighted by atomic mass is 10.1. The number of carbonyl (C=O) groups is 1. The molecule has 5 nitrogen and oxygen atoms in total. The first-order valence-electron chi connectivity index (χ1n) is 9.66. The van der Waals surface area contributed by atoms with Crippen molar-refractivity contribution in [2.75, 3.05) is 17.6 Å². The topological polar surface area (TPSA) is 75.1 Å². The minimum Gasteiger partial charge on any atom is -0.478 e. The molecule has 30 heavy (non-hydrogen) atoms. The van der Waals surface area contributed by atoms with Gasteiger partial charge in [-0.2, -0.15) is 0 Å². The third kappa shape index (κ3) is 4.63. The summed E-state index contributed by atoms with van der Waals surface area (Å²) in [6, 6.07) is 16.0. The maximum absolute atomic E-state index is 11.4. The van der Waals surface area contributed by atoms with E-state index in [0.717, 1.165) is 40.7 Å². The van der Waals surface area contributed by atoms with E-state index in [1.54, 1.807) is 23.5 Å². The highest BCUT2D eigenvalue weighted by Crippen LogP contribution is 2.29.